The number of halogens is 2. The van der Waals surface area contributed by atoms with Crippen molar-refractivity contribution in [3.05, 3.63) is 29.3 Å². The Hall–Kier alpha value is -1.76. The van der Waals surface area contributed by atoms with E-state index in [4.69, 9.17) is 10.5 Å². The number of nitrogens with zero attached hydrogens (tertiary/aromatic N) is 2. The normalized spacial score (nSPS) is 10.3. The fourth-order valence-corrected chi connectivity index (χ4v) is 1.34. The van der Waals surface area contributed by atoms with Crippen molar-refractivity contribution in [1.82, 2.24) is 10.2 Å². The van der Waals surface area contributed by atoms with E-state index < -0.39 is 11.6 Å². The molecule has 0 bridgehead atoms. The van der Waals surface area contributed by atoms with Crippen LogP contribution in [0.4, 0.5) is 14.5 Å². The topological polar surface area (TPSA) is 61.0 Å². The van der Waals surface area contributed by atoms with Crippen molar-refractivity contribution in [2.24, 2.45) is 0 Å². The Labute approximate surface area is 87.3 Å². The highest BCUT2D eigenvalue weighted by molar-refractivity contribution is 7.11. The van der Waals surface area contributed by atoms with E-state index in [1.165, 1.54) is 5.51 Å². The average Bonchev–Trinajstić information content (AvgIpc) is 2.67. The monoisotopic (exact) mass is 229 g/mol. The molecule has 0 amide bonds. The van der Waals surface area contributed by atoms with Crippen LogP contribution >= 0.6 is 11.3 Å². The van der Waals surface area contributed by atoms with Gasteiger partial charge < -0.3 is 10.5 Å². The van der Waals surface area contributed by atoms with Gasteiger partial charge >= 0.3 is 0 Å². The van der Waals surface area contributed by atoms with Crippen LogP contribution in [0.5, 0.6) is 10.9 Å². The van der Waals surface area contributed by atoms with Crippen LogP contribution in [0.25, 0.3) is 0 Å². The molecule has 1 aromatic carbocycles. The molecule has 0 saturated heterocycles. The van der Waals surface area contributed by atoms with Gasteiger partial charge in [0.2, 0.25) is 0 Å². The summed E-state index contributed by atoms with van der Waals surface area (Å²) >= 11 is 1.07. The minimum Gasteiger partial charge on any atom is -0.427 e. The maximum atomic E-state index is 13.2. The van der Waals surface area contributed by atoms with Crippen LogP contribution in [0, 0.1) is 11.6 Å². The maximum absolute atomic E-state index is 13.2. The highest BCUT2D eigenvalue weighted by atomic mass is 32.1. The standard InChI is InChI=1S/C8H5F2N3OS/c9-4-2-7(5(10)1-6(4)11)14-8-13-12-3-15-8/h1-3H,11H2. The van der Waals surface area contributed by atoms with Crippen LogP contribution in [0.15, 0.2) is 17.6 Å². The third-order valence-corrected chi connectivity index (χ3v) is 2.15. The van der Waals surface area contributed by atoms with E-state index >= 15 is 0 Å². The van der Waals surface area contributed by atoms with Gasteiger partial charge in [-0.2, -0.15) is 0 Å². The summed E-state index contributed by atoms with van der Waals surface area (Å²) in [6.07, 6.45) is 0. The van der Waals surface area contributed by atoms with E-state index in [2.05, 4.69) is 10.2 Å². The van der Waals surface area contributed by atoms with Gasteiger partial charge in [-0.25, -0.2) is 8.78 Å². The first-order chi connectivity index (χ1) is 7.16. The largest absolute Gasteiger partial charge is 0.427 e. The first kappa shape index (κ1) is 9.78. The molecule has 0 aliphatic rings. The van der Waals surface area contributed by atoms with Crippen molar-refractivity contribution in [3.8, 4) is 10.9 Å². The Morgan fingerprint density at radius 2 is 2.07 bits per heavy atom. The minimum absolute atomic E-state index is 0.137. The third-order valence-electron chi connectivity index (χ3n) is 1.59. The van der Waals surface area contributed by atoms with Gasteiger partial charge in [0, 0.05) is 12.1 Å². The number of hydrogen-bond donors (Lipinski definition) is 1. The fraction of sp³-hybridized carbons (Fsp3) is 0. The lowest BCUT2D eigenvalue weighted by Gasteiger charge is -2.04. The van der Waals surface area contributed by atoms with Crippen LogP contribution < -0.4 is 10.5 Å². The molecule has 0 unspecified atom stereocenters. The van der Waals surface area contributed by atoms with E-state index in [-0.39, 0.29) is 16.6 Å². The highest BCUT2D eigenvalue weighted by Crippen LogP contribution is 2.28. The first-order valence-corrected chi connectivity index (χ1v) is 4.73. The lowest BCUT2D eigenvalue weighted by atomic mass is 10.3. The number of benzene rings is 1. The summed E-state index contributed by atoms with van der Waals surface area (Å²) in [6, 6.07) is 1.72. The second kappa shape index (κ2) is 3.77. The number of rotatable bonds is 2. The molecular formula is C8H5F2N3OS. The molecule has 1 aromatic heterocycles. The SMILES string of the molecule is Nc1cc(F)c(Oc2nncs2)cc1F. The molecule has 1 heterocycles. The molecule has 4 nitrogen and oxygen atoms in total. The Bertz CT molecular complexity index is 475. The first-order valence-electron chi connectivity index (χ1n) is 3.85. The lowest BCUT2D eigenvalue weighted by Crippen LogP contribution is -1.95. The third kappa shape index (κ3) is 2.01. The summed E-state index contributed by atoms with van der Waals surface area (Å²) in [6.45, 7) is 0. The molecule has 2 rings (SSSR count). The van der Waals surface area contributed by atoms with Crippen molar-refractivity contribution in [2.45, 2.75) is 0 Å². The second-order valence-electron chi connectivity index (χ2n) is 2.61. The van der Waals surface area contributed by atoms with Gasteiger partial charge in [0.15, 0.2) is 11.6 Å². The molecule has 0 aliphatic carbocycles. The number of nitrogen functional groups attached to an aromatic ring is 1. The number of aromatic nitrogens is 2. The predicted molar refractivity (Wildman–Crippen MR) is 50.8 cm³/mol. The molecule has 0 atom stereocenters. The summed E-state index contributed by atoms with van der Waals surface area (Å²) in [4.78, 5) is 0. The van der Waals surface area contributed by atoms with E-state index in [1.807, 2.05) is 0 Å². The van der Waals surface area contributed by atoms with E-state index in [0.29, 0.717) is 0 Å². The van der Waals surface area contributed by atoms with E-state index in [9.17, 15) is 8.78 Å². The second-order valence-corrected chi connectivity index (χ2v) is 3.41. The van der Waals surface area contributed by atoms with Gasteiger partial charge in [0.25, 0.3) is 5.19 Å². The fourth-order valence-electron chi connectivity index (χ4n) is 0.924. The van der Waals surface area contributed by atoms with Gasteiger partial charge in [-0.05, 0) is 0 Å². The predicted octanol–water partition coefficient (Wildman–Crippen LogP) is 2.19. The molecule has 2 N–H and O–H groups in total. The zero-order valence-corrected chi connectivity index (χ0v) is 8.09. The highest BCUT2D eigenvalue weighted by Gasteiger charge is 2.11. The van der Waals surface area contributed by atoms with Crippen LogP contribution in [0.3, 0.4) is 0 Å². The van der Waals surface area contributed by atoms with Gasteiger partial charge in [0.05, 0.1) is 5.69 Å². The molecule has 0 saturated carbocycles. The molecular weight excluding hydrogens is 224 g/mol. The molecule has 7 heteroatoms. The maximum Gasteiger partial charge on any atom is 0.299 e. The Kier molecular flexibility index (Phi) is 2.46. The molecule has 0 spiro atoms. The van der Waals surface area contributed by atoms with Gasteiger partial charge in [-0.15, -0.1) is 5.10 Å². The number of nitrogens with two attached hydrogens (primary N) is 1. The molecule has 15 heavy (non-hydrogen) atoms. The Morgan fingerprint density at radius 3 is 2.73 bits per heavy atom. The smallest absolute Gasteiger partial charge is 0.299 e. The Morgan fingerprint density at radius 1 is 1.27 bits per heavy atom. The van der Waals surface area contributed by atoms with Crippen molar-refractivity contribution in [3.63, 3.8) is 0 Å². The summed E-state index contributed by atoms with van der Waals surface area (Å²) < 4.78 is 31.1. The van der Waals surface area contributed by atoms with Crippen LogP contribution in [-0.2, 0) is 0 Å². The van der Waals surface area contributed by atoms with E-state index in [1.54, 1.807) is 0 Å². The molecule has 0 radical (unpaired) electrons. The Balaban J connectivity index is 2.33. The molecule has 0 aliphatic heterocycles. The van der Waals surface area contributed by atoms with Crippen molar-refractivity contribution < 1.29 is 13.5 Å². The van der Waals surface area contributed by atoms with Crippen molar-refractivity contribution in [2.75, 3.05) is 5.73 Å². The van der Waals surface area contributed by atoms with Crippen LogP contribution in [-0.4, -0.2) is 10.2 Å². The average molecular weight is 229 g/mol. The van der Waals surface area contributed by atoms with E-state index in [0.717, 1.165) is 23.5 Å². The molecule has 2 aromatic rings. The summed E-state index contributed by atoms with van der Waals surface area (Å²) in [5.74, 6) is -1.75. The van der Waals surface area contributed by atoms with Gasteiger partial charge in [-0.1, -0.05) is 16.4 Å². The number of anilines is 1. The lowest BCUT2D eigenvalue weighted by molar-refractivity contribution is 0.431. The van der Waals surface area contributed by atoms with Crippen LogP contribution in [0.2, 0.25) is 0 Å². The zero-order valence-electron chi connectivity index (χ0n) is 7.28. The number of ether oxygens (including phenoxy) is 1. The van der Waals surface area contributed by atoms with Gasteiger partial charge in [0.1, 0.15) is 11.3 Å². The van der Waals surface area contributed by atoms with Crippen LogP contribution in [0.1, 0.15) is 0 Å². The summed E-state index contributed by atoms with van der Waals surface area (Å²) in [5, 5.41) is 7.16. The summed E-state index contributed by atoms with van der Waals surface area (Å²) in [7, 11) is 0. The van der Waals surface area contributed by atoms with Crippen molar-refractivity contribution >= 4 is 17.0 Å². The summed E-state index contributed by atoms with van der Waals surface area (Å²) in [5.41, 5.74) is 6.32. The molecule has 78 valence electrons. The van der Waals surface area contributed by atoms with Crippen molar-refractivity contribution in [1.29, 1.82) is 0 Å². The number of hydrogen-bond acceptors (Lipinski definition) is 5. The quantitative estimate of drug-likeness (QED) is 0.802. The zero-order chi connectivity index (χ0) is 10.8. The minimum atomic E-state index is -0.746. The molecule has 0 fully saturated rings. The van der Waals surface area contributed by atoms with Gasteiger partial charge in [-0.3, -0.25) is 0 Å².